The first-order valence-electron chi connectivity index (χ1n) is 6.86. The van der Waals surface area contributed by atoms with Crippen molar-refractivity contribution in [3.05, 3.63) is 35.4 Å². The van der Waals surface area contributed by atoms with Crippen molar-refractivity contribution in [3.63, 3.8) is 0 Å². The molecule has 2 aliphatic rings. The lowest BCUT2D eigenvalue weighted by Gasteiger charge is -2.17. The average Bonchev–Trinajstić information content (AvgIpc) is 2.99. The Morgan fingerprint density at radius 2 is 1.78 bits per heavy atom. The standard InChI is InChI=1S/C15H20N2O/c16-8-11-4-6-12(7-5-11)15(18)17-9-13-2-1-3-14(13)10-17/h4-7,13-14H,1-3,8-10,16H2. The fourth-order valence-corrected chi connectivity index (χ4v) is 3.37. The zero-order valence-electron chi connectivity index (χ0n) is 10.6. The highest BCUT2D eigenvalue weighted by Crippen LogP contribution is 2.38. The maximum absolute atomic E-state index is 12.4. The summed E-state index contributed by atoms with van der Waals surface area (Å²) in [5.41, 5.74) is 7.44. The Morgan fingerprint density at radius 1 is 1.17 bits per heavy atom. The number of carbonyl (C=O) groups excluding carboxylic acids is 1. The van der Waals surface area contributed by atoms with Crippen molar-refractivity contribution in [2.24, 2.45) is 17.6 Å². The molecular weight excluding hydrogens is 224 g/mol. The number of fused-ring (bicyclic) bond motifs is 1. The molecule has 3 heteroatoms. The van der Waals surface area contributed by atoms with E-state index >= 15 is 0 Å². The summed E-state index contributed by atoms with van der Waals surface area (Å²) >= 11 is 0. The van der Waals surface area contributed by atoms with Gasteiger partial charge in [0.05, 0.1) is 0 Å². The molecule has 2 fully saturated rings. The monoisotopic (exact) mass is 244 g/mol. The second kappa shape index (κ2) is 4.73. The van der Waals surface area contributed by atoms with E-state index in [1.807, 2.05) is 29.2 Å². The molecule has 96 valence electrons. The van der Waals surface area contributed by atoms with Crippen LogP contribution in [0, 0.1) is 11.8 Å². The van der Waals surface area contributed by atoms with Crippen LogP contribution in [-0.2, 0) is 6.54 Å². The van der Waals surface area contributed by atoms with Gasteiger partial charge in [0.1, 0.15) is 0 Å². The van der Waals surface area contributed by atoms with E-state index in [-0.39, 0.29) is 5.91 Å². The number of amides is 1. The number of hydrogen-bond acceptors (Lipinski definition) is 2. The Kier molecular flexibility index (Phi) is 3.08. The molecule has 1 heterocycles. The van der Waals surface area contributed by atoms with Crippen LogP contribution in [0.5, 0.6) is 0 Å². The summed E-state index contributed by atoms with van der Waals surface area (Å²) in [7, 11) is 0. The molecule has 2 N–H and O–H groups in total. The molecule has 0 spiro atoms. The zero-order valence-corrected chi connectivity index (χ0v) is 10.6. The predicted octanol–water partition coefficient (Wildman–Crippen LogP) is 2.02. The Bertz CT molecular complexity index is 428. The van der Waals surface area contributed by atoms with Gasteiger partial charge in [0.2, 0.25) is 0 Å². The third-order valence-corrected chi connectivity index (χ3v) is 4.45. The summed E-state index contributed by atoms with van der Waals surface area (Å²) in [6, 6.07) is 7.70. The van der Waals surface area contributed by atoms with E-state index < -0.39 is 0 Å². The molecule has 2 unspecified atom stereocenters. The van der Waals surface area contributed by atoms with Gasteiger partial charge >= 0.3 is 0 Å². The van der Waals surface area contributed by atoms with Crippen molar-refractivity contribution in [1.82, 2.24) is 4.90 Å². The van der Waals surface area contributed by atoms with Crippen LogP contribution in [0.25, 0.3) is 0 Å². The van der Waals surface area contributed by atoms with Crippen molar-refractivity contribution >= 4 is 5.91 Å². The molecule has 1 aliphatic heterocycles. The fourth-order valence-electron chi connectivity index (χ4n) is 3.37. The van der Waals surface area contributed by atoms with Crippen LogP contribution in [0.1, 0.15) is 35.2 Å². The SMILES string of the molecule is NCc1ccc(C(=O)N2CC3CCCC3C2)cc1. The van der Waals surface area contributed by atoms with Crippen molar-refractivity contribution < 1.29 is 4.79 Å². The maximum atomic E-state index is 12.4. The molecule has 3 nitrogen and oxygen atoms in total. The van der Waals surface area contributed by atoms with Gasteiger partial charge in [-0.05, 0) is 42.4 Å². The normalized spacial score (nSPS) is 26.4. The van der Waals surface area contributed by atoms with Crippen LogP contribution >= 0.6 is 0 Å². The molecule has 0 radical (unpaired) electrons. The van der Waals surface area contributed by atoms with Crippen LogP contribution in [0.3, 0.4) is 0 Å². The summed E-state index contributed by atoms with van der Waals surface area (Å²) in [4.78, 5) is 14.4. The molecule has 1 aliphatic carbocycles. The molecule has 3 rings (SSSR count). The van der Waals surface area contributed by atoms with Crippen LogP contribution in [0.4, 0.5) is 0 Å². The molecule has 18 heavy (non-hydrogen) atoms. The number of nitrogens with zero attached hydrogens (tertiary/aromatic N) is 1. The molecule has 2 atom stereocenters. The lowest BCUT2D eigenvalue weighted by molar-refractivity contribution is 0.0780. The van der Waals surface area contributed by atoms with Crippen molar-refractivity contribution in [2.75, 3.05) is 13.1 Å². The molecule has 1 amide bonds. The number of likely N-dealkylation sites (tertiary alicyclic amines) is 1. The highest BCUT2D eigenvalue weighted by Gasteiger charge is 2.38. The van der Waals surface area contributed by atoms with Gasteiger partial charge < -0.3 is 10.6 Å². The first kappa shape index (κ1) is 11.7. The van der Waals surface area contributed by atoms with E-state index in [1.165, 1.54) is 19.3 Å². The zero-order chi connectivity index (χ0) is 12.5. The van der Waals surface area contributed by atoms with Gasteiger partial charge in [-0.2, -0.15) is 0 Å². The highest BCUT2D eigenvalue weighted by molar-refractivity contribution is 5.94. The van der Waals surface area contributed by atoms with Crippen molar-refractivity contribution in [2.45, 2.75) is 25.8 Å². The van der Waals surface area contributed by atoms with Crippen LogP contribution in [0.2, 0.25) is 0 Å². The van der Waals surface area contributed by atoms with E-state index in [0.29, 0.717) is 6.54 Å². The quantitative estimate of drug-likeness (QED) is 0.865. The second-order valence-corrected chi connectivity index (χ2v) is 5.56. The maximum Gasteiger partial charge on any atom is 0.253 e. The molecule has 1 aromatic carbocycles. The first-order valence-corrected chi connectivity index (χ1v) is 6.86. The third kappa shape index (κ3) is 2.03. The Balaban J connectivity index is 1.70. The minimum atomic E-state index is 0.188. The third-order valence-electron chi connectivity index (χ3n) is 4.45. The fraction of sp³-hybridized carbons (Fsp3) is 0.533. The van der Waals surface area contributed by atoms with Crippen molar-refractivity contribution in [3.8, 4) is 0 Å². The van der Waals surface area contributed by atoms with E-state index in [4.69, 9.17) is 5.73 Å². The van der Waals surface area contributed by atoms with E-state index in [0.717, 1.165) is 36.1 Å². The van der Waals surface area contributed by atoms with Gasteiger partial charge in [-0.15, -0.1) is 0 Å². The minimum absolute atomic E-state index is 0.188. The minimum Gasteiger partial charge on any atom is -0.338 e. The van der Waals surface area contributed by atoms with Crippen LogP contribution < -0.4 is 5.73 Å². The number of nitrogens with two attached hydrogens (primary N) is 1. The van der Waals surface area contributed by atoms with Gasteiger partial charge in [-0.3, -0.25) is 4.79 Å². The number of carbonyl (C=O) groups is 1. The van der Waals surface area contributed by atoms with E-state index in [9.17, 15) is 4.79 Å². The second-order valence-electron chi connectivity index (χ2n) is 5.56. The molecule has 1 saturated heterocycles. The van der Waals surface area contributed by atoms with Gasteiger partial charge in [-0.25, -0.2) is 0 Å². The molecular formula is C15H20N2O. The Labute approximate surface area is 108 Å². The number of rotatable bonds is 2. The molecule has 1 saturated carbocycles. The average molecular weight is 244 g/mol. The number of benzene rings is 1. The predicted molar refractivity (Wildman–Crippen MR) is 71.1 cm³/mol. The topological polar surface area (TPSA) is 46.3 Å². The van der Waals surface area contributed by atoms with Gasteiger partial charge in [-0.1, -0.05) is 18.6 Å². The van der Waals surface area contributed by atoms with Crippen molar-refractivity contribution in [1.29, 1.82) is 0 Å². The van der Waals surface area contributed by atoms with Crippen LogP contribution in [-0.4, -0.2) is 23.9 Å². The molecule has 1 aromatic rings. The Hall–Kier alpha value is -1.35. The van der Waals surface area contributed by atoms with Gasteiger partial charge in [0.15, 0.2) is 0 Å². The summed E-state index contributed by atoms with van der Waals surface area (Å²) in [6.07, 6.45) is 3.96. The lowest BCUT2D eigenvalue weighted by Crippen LogP contribution is -2.29. The van der Waals surface area contributed by atoms with Gasteiger partial charge in [0.25, 0.3) is 5.91 Å². The van der Waals surface area contributed by atoms with Crippen LogP contribution in [0.15, 0.2) is 24.3 Å². The smallest absolute Gasteiger partial charge is 0.253 e. The van der Waals surface area contributed by atoms with E-state index in [2.05, 4.69) is 0 Å². The highest BCUT2D eigenvalue weighted by atomic mass is 16.2. The number of hydrogen-bond donors (Lipinski definition) is 1. The summed E-state index contributed by atoms with van der Waals surface area (Å²) < 4.78 is 0. The summed E-state index contributed by atoms with van der Waals surface area (Å²) in [5, 5.41) is 0. The lowest BCUT2D eigenvalue weighted by atomic mass is 10.0. The molecule has 0 aromatic heterocycles. The van der Waals surface area contributed by atoms with Gasteiger partial charge in [0, 0.05) is 25.2 Å². The first-order chi connectivity index (χ1) is 8.78. The summed E-state index contributed by atoms with van der Waals surface area (Å²) in [5.74, 6) is 1.71. The summed E-state index contributed by atoms with van der Waals surface area (Å²) in [6.45, 7) is 2.45. The molecule has 0 bridgehead atoms. The van der Waals surface area contributed by atoms with E-state index in [1.54, 1.807) is 0 Å². The largest absolute Gasteiger partial charge is 0.338 e. The Morgan fingerprint density at radius 3 is 2.33 bits per heavy atom.